The summed E-state index contributed by atoms with van der Waals surface area (Å²) < 4.78 is 23.6. The van der Waals surface area contributed by atoms with Crippen LogP contribution in [0.5, 0.6) is 5.75 Å². The van der Waals surface area contributed by atoms with Crippen molar-refractivity contribution in [2.24, 2.45) is 5.92 Å². The van der Waals surface area contributed by atoms with Gasteiger partial charge in [-0.3, -0.25) is 9.59 Å². The number of hydrogen-bond donors (Lipinski definition) is 0. The van der Waals surface area contributed by atoms with E-state index in [1.54, 1.807) is 45.2 Å². The largest absolute Gasteiger partial charge is 0.493 e. The Balaban J connectivity index is 1.93. The molecule has 0 spiro atoms. The zero-order chi connectivity index (χ0) is 24.8. The summed E-state index contributed by atoms with van der Waals surface area (Å²) in [4.78, 5) is 29.7. The second kappa shape index (κ2) is 11.6. The molecule has 9 heteroatoms. The number of benzene rings is 1. The second-order valence-corrected chi connectivity index (χ2v) is 9.08. The molecule has 9 nitrogen and oxygen atoms in total. The normalized spacial score (nSPS) is 29.2. The lowest BCUT2D eigenvalue weighted by Gasteiger charge is -2.38. The molecular weight excluding hydrogens is 438 g/mol. The van der Waals surface area contributed by atoms with Gasteiger partial charge in [0.05, 0.1) is 48.0 Å². The van der Waals surface area contributed by atoms with Gasteiger partial charge in [0.25, 0.3) is 5.91 Å². The van der Waals surface area contributed by atoms with Gasteiger partial charge in [0.1, 0.15) is 11.9 Å². The van der Waals surface area contributed by atoms with E-state index >= 15 is 0 Å². The molecule has 34 heavy (non-hydrogen) atoms. The minimum absolute atomic E-state index is 0.0443. The molecule has 2 bridgehead atoms. The third kappa shape index (κ3) is 5.87. The van der Waals surface area contributed by atoms with Crippen molar-refractivity contribution in [2.45, 2.75) is 50.6 Å². The smallest absolute Gasteiger partial charge is 0.257 e. The number of methoxy groups -OCH3 is 2. The first-order valence-electron chi connectivity index (χ1n) is 11.7. The number of likely N-dealkylation sites (N-methyl/N-ethyl adjacent to an activating group) is 2. The number of nitriles is 1. The quantitative estimate of drug-likeness (QED) is 0.648. The SMILES string of the molecule is CO[C@H]1CC[C@@H]2CCOc3ccc(C#N)cc3C(=O)N(C)C[C@@H](OC)[C@H](C)C(=O)N(C)C[C@H]1O2. The molecule has 186 valence electrons. The van der Waals surface area contributed by atoms with Gasteiger partial charge in [-0.15, -0.1) is 0 Å². The Morgan fingerprint density at radius 2 is 1.76 bits per heavy atom. The van der Waals surface area contributed by atoms with E-state index in [-0.39, 0.29) is 36.7 Å². The maximum atomic E-state index is 13.3. The number of hydrogen-bond acceptors (Lipinski definition) is 7. The molecule has 1 aromatic rings. The maximum absolute atomic E-state index is 13.3. The first kappa shape index (κ1) is 25.9. The highest BCUT2D eigenvalue weighted by Crippen LogP contribution is 2.27. The highest BCUT2D eigenvalue weighted by molar-refractivity contribution is 5.97. The lowest BCUT2D eigenvalue weighted by Crippen LogP contribution is -2.50. The predicted molar refractivity (Wildman–Crippen MR) is 125 cm³/mol. The van der Waals surface area contributed by atoms with Crippen LogP contribution in [0, 0.1) is 17.2 Å². The first-order chi connectivity index (χ1) is 16.3. The van der Waals surface area contributed by atoms with Crippen LogP contribution in [-0.2, 0) is 19.0 Å². The van der Waals surface area contributed by atoms with Crippen molar-refractivity contribution >= 4 is 11.8 Å². The average Bonchev–Trinajstić information content (AvgIpc) is 2.85. The number of nitrogens with zero attached hydrogens (tertiary/aromatic N) is 3. The highest BCUT2D eigenvalue weighted by atomic mass is 16.5. The summed E-state index contributed by atoms with van der Waals surface area (Å²) in [7, 11) is 6.61. The van der Waals surface area contributed by atoms with E-state index in [1.807, 2.05) is 0 Å². The minimum atomic E-state index is -0.515. The summed E-state index contributed by atoms with van der Waals surface area (Å²) in [6.07, 6.45) is 1.39. The van der Waals surface area contributed by atoms with Gasteiger partial charge in [0.15, 0.2) is 0 Å². The fourth-order valence-electron chi connectivity index (χ4n) is 4.64. The van der Waals surface area contributed by atoms with Gasteiger partial charge >= 0.3 is 0 Å². The van der Waals surface area contributed by atoms with E-state index in [4.69, 9.17) is 18.9 Å². The van der Waals surface area contributed by atoms with Crippen LogP contribution in [0.1, 0.15) is 42.1 Å². The van der Waals surface area contributed by atoms with Crippen molar-refractivity contribution in [3.8, 4) is 11.8 Å². The highest BCUT2D eigenvalue weighted by Gasteiger charge is 2.35. The molecule has 0 N–H and O–H groups in total. The van der Waals surface area contributed by atoms with Crippen molar-refractivity contribution in [1.29, 1.82) is 5.26 Å². The number of carbonyl (C=O) groups is 2. The molecule has 2 amide bonds. The summed E-state index contributed by atoms with van der Waals surface area (Å²) in [5.74, 6) is -0.454. The van der Waals surface area contributed by atoms with E-state index in [2.05, 4.69) is 6.07 Å². The molecule has 0 aliphatic carbocycles. The summed E-state index contributed by atoms with van der Waals surface area (Å²) in [6, 6.07) is 6.90. The van der Waals surface area contributed by atoms with Crippen molar-refractivity contribution in [3.05, 3.63) is 29.3 Å². The molecule has 1 aromatic carbocycles. The second-order valence-electron chi connectivity index (χ2n) is 9.08. The van der Waals surface area contributed by atoms with Crippen molar-refractivity contribution in [2.75, 3.05) is 48.0 Å². The van der Waals surface area contributed by atoms with Gasteiger partial charge < -0.3 is 28.7 Å². The number of ether oxygens (including phenoxy) is 4. The fraction of sp³-hybridized carbons (Fsp3) is 0.640. The van der Waals surface area contributed by atoms with Crippen molar-refractivity contribution < 1.29 is 28.5 Å². The van der Waals surface area contributed by atoms with E-state index in [0.717, 1.165) is 12.8 Å². The molecule has 0 aromatic heterocycles. The molecule has 2 heterocycles. The van der Waals surface area contributed by atoms with Crippen LogP contribution in [0.2, 0.25) is 0 Å². The van der Waals surface area contributed by atoms with Gasteiger partial charge in [-0.05, 0) is 31.0 Å². The van der Waals surface area contributed by atoms with E-state index in [1.165, 1.54) is 18.1 Å². The van der Waals surface area contributed by atoms with Gasteiger partial charge in [-0.1, -0.05) is 6.92 Å². The number of amides is 2. The Kier molecular flexibility index (Phi) is 8.89. The summed E-state index contributed by atoms with van der Waals surface area (Å²) >= 11 is 0. The van der Waals surface area contributed by atoms with E-state index in [0.29, 0.717) is 36.4 Å². The van der Waals surface area contributed by atoms with Crippen LogP contribution < -0.4 is 4.74 Å². The number of carbonyl (C=O) groups excluding carboxylic acids is 2. The molecule has 0 unspecified atom stereocenters. The standard InChI is InChI=1S/C25H35N3O6/c1-16-22(32-5)14-28(3)25(30)19-12-17(13-26)6-8-20(19)33-11-10-18-7-9-21(31-4)23(34-18)15-27(2)24(16)29/h6,8,12,16,18,21-23H,7,9-11,14-15H2,1-5H3/t16-,18+,21-,22+,23+/m0/s1. The molecule has 2 aliphatic heterocycles. The topological polar surface area (TPSA) is 101 Å². The third-order valence-electron chi connectivity index (χ3n) is 6.77. The van der Waals surface area contributed by atoms with Crippen LogP contribution in [0.15, 0.2) is 18.2 Å². The lowest BCUT2D eigenvalue weighted by molar-refractivity contribution is -0.154. The van der Waals surface area contributed by atoms with Crippen molar-refractivity contribution in [3.63, 3.8) is 0 Å². The summed E-state index contributed by atoms with van der Waals surface area (Å²) in [5, 5.41) is 9.33. The predicted octanol–water partition coefficient (Wildman–Crippen LogP) is 2.08. The molecule has 1 fully saturated rings. The lowest BCUT2D eigenvalue weighted by atomic mass is 9.97. The number of rotatable bonds is 2. The molecular formula is C25H35N3O6. The Morgan fingerprint density at radius 3 is 2.44 bits per heavy atom. The molecule has 3 rings (SSSR count). The van der Waals surface area contributed by atoms with Crippen LogP contribution >= 0.6 is 0 Å². The monoisotopic (exact) mass is 473 g/mol. The van der Waals surface area contributed by atoms with Crippen LogP contribution in [0.4, 0.5) is 0 Å². The minimum Gasteiger partial charge on any atom is -0.493 e. The Labute approximate surface area is 201 Å². The van der Waals surface area contributed by atoms with Gasteiger partial charge in [0.2, 0.25) is 5.91 Å². The fourth-order valence-corrected chi connectivity index (χ4v) is 4.64. The summed E-state index contributed by atoms with van der Waals surface area (Å²) in [6.45, 7) is 2.77. The molecule has 0 radical (unpaired) electrons. The Morgan fingerprint density at radius 1 is 1.03 bits per heavy atom. The Hall–Kier alpha value is -2.67. The zero-order valence-corrected chi connectivity index (χ0v) is 20.7. The maximum Gasteiger partial charge on any atom is 0.257 e. The average molecular weight is 474 g/mol. The van der Waals surface area contributed by atoms with Gasteiger partial charge in [-0.25, -0.2) is 0 Å². The van der Waals surface area contributed by atoms with E-state index < -0.39 is 12.0 Å². The number of fused-ring (bicyclic) bond motifs is 3. The van der Waals surface area contributed by atoms with Gasteiger partial charge in [0, 0.05) is 47.8 Å². The molecule has 1 saturated heterocycles. The van der Waals surface area contributed by atoms with Crippen molar-refractivity contribution in [1.82, 2.24) is 9.80 Å². The van der Waals surface area contributed by atoms with Crippen LogP contribution in [0.3, 0.4) is 0 Å². The third-order valence-corrected chi connectivity index (χ3v) is 6.77. The molecule has 2 aliphatic rings. The van der Waals surface area contributed by atoms with Crippen LogP contribution in [-0.4, -0.2) is 94.0 Å². The van der Waals surface area contributed by atoms with Crippen LogP contribution in [0.25, 0.3) is 0 Å². The molecule has 5 atom stereocenters. The molecule has 0 saturated carbocycles. The zero-order valence-electron chi connectivity index (χ0n) is 20.7. The van der Waals surface area contributed by atoms with Gasteiger partial charge in [-0.2, -0.15) is 5.26 Å². The summed E-state index contributed by atoms with van der Waals surface area (Å²) in [5.41, 5.74) is 0.678. The van der Waals surface area contributed by atoms with E-state index in [9.17, 15) is 14.9 Å². The first-order valence-corrected chi connectivity index (χ1v) is 11.7. The Bertz CT molecular complexity index is 916.